The minimum atomic E-state index is -3.69. The highest BCUT2D eigenvalue weighted by atomic mass is 19.3. The maximum absolute atomic E-state index is 13.1. The van der Waals surface area contributed by atoms with Gasteiger partial charge >= 0.3 is 12.3 Å². The van der Waals surface area contributed by atoms with Crippen LogP contribution in [0.5, 0.6) is 11.5 Å². The number of hydrogen-bond acceptors (Lipinski definition) is 5. The van der Waals surface area contributed by atoms with Crippen molar-refractivity contribution in [1.82, 2.24) is 20.1 Å². The normalized spacial score (nSPS) is 19.1. The second kappa shape index (κ2) is 6.67. The van der Waals surface area contributed by atoms with Crippen molar-refractivity contribution < 1.29 is 23.0 Å². The summed E-state index contributed by atoms with van der Waals surface area (Å²) < 4.78 is 36.9. The number of halogens is 2. The number of aromatic nitrogens is 3. The Morgan fingerprint density at radius 3 is 2.81 bits per heavy atom. The van der Waals surface area contributed by atoms with E-state index >= 15 is 0 Å². The van der Waals surface area contributed by atoms with Crippen molar-refractivity contribution in [3.8, 4) is 11.5 Å². The lowest BCUT2D eigenvalue weighted by Gasteiger charge is -2.19. The van der Waals surface area contributed by atoms with E-state index in [1.165, 1.54) is 31.0 Å². The summed E-state index contributed by atoms with van der Waals surface area (Å²) in [7, 11) is 0. The third-order valence-corrected chi connectivity index (χ3v) is 4.71. The van der Waals surface area contributed by atoms with Gasteiger partial charge in [0.15, 0.2) is 17.3 Å². The molecule has 2 aromatic rings. The highest BCUT2D eigenvalue weighted by Gasteiger charge is 2.43. The number of alkyl halides is 2. The molecule has 1 aliphatic heterocycles. The molecule has 1 saturated carbocycles. The first-order valence-corrected chi connectivity index (χ1v) is 8.78. The standard InChI is InChI=1S/C17H19F2N5O3/c1-10(15-23-20-9-24(15)12-4-2-3-5-12)21-16(25)22-11-6-7-13-14(8-11)27-17(18,19)26-13/h6-10,12H,2-5H2,1H3,(H2,21,22,25). The van der Waals surface area contributed by atoms with Crippen LogP contribution in [0.1, 0.15) is 50.5 Å². The van der Waals surface area contributed by atoms with Crippen LogP contribution in [0.4, 0.5) is 19.3 Å². The third-order valence-electron chi connectivity index (χ3n) is 4.71. The molecule has 1 fully saturated rings. The summed E-state index contributed by atoms with van der Waals surface area (Å²) in [5, 5.41) is 13.5. The number of urea groups is 1. The van der Waals surface area contributed by atoms with Crippen molar-refractivity contribution in [2.45, 2.75) is 51.0 Å². The molecule has 8 nitrogen and oxygen atoms in total. The summed E-state index contributed by atoms with van der Waals surface area (Å²) in [5.41, 5.74) is 0.303. The predicted molar refractivity (Wildman–Crippen MR) is 90.7 cm³/mol. The van der Waals surface area contributed by atoms with Gasteiger partial charge in [-0.05, 0) is 31.9 Å². The van der Waals surface area contributed by atoms with Crippen LogP contribution in [0, 0.1) is 0 Å². The fourth-order valence-corrected chi connectivity index (χ4v) is 3.48. The first-order valence-electron chi connectivity index (χ1n) is 8.78. The number of rotatable bonds is 4. The number of fused-ring (bicyclic) bond motifs is 1. The minimum absolute atomic E-state index is 0.0796. The van der Waals surface area contributed by atoms with E-state index in [-0.39, 0.29) is 17.5 Å². The van der Waals surface area contributed by atoms with Crippen LogP contribution >= 0.6 is 0 Å². The van der Waals surface area contributed by atoms with Gasteiger partial charge in [-0.25, -0.2) is 4.79 Å². The molecular formula is C17H19F2N5O3. The summed E-state index contributed by atoms with van der Waals surface area (Å²) in [6.45, 7) is 1.81. The van der Waals surface area contributed by atoms with Crippen LogP contribution in [0.15, 0.2) is 24.5 Å². The van der Waals surface area contributed by atoms with Gasteiger partial charge in [0, 0.05) is 17.8 Å². The Hall–Kier alpha value is -2.91. The topological polar surface area (TPSA) is 90.3 Å². The zero-order chi connectivity index (χ0) is 19.0. The lowest BCUT2D eigenvalue weighted by molar-refractivity contribution is -0.286. The molecule has 2 amide bonds. The molecule has 2 N–H and O–H groups in total. The second-order valence-electron chi connectivity index (χ2n) is 6.68. The van der Waals surface area contributed by atoms with Crippen LogP contribution in [-0.2, 0) is 0 Å². The second-order valence-corrected chi connectivity index (χ2v) is 6.68. The zero-order valence-corrected chi connectivity index (χ0v) is 14.6. The Morgan fingerprint density at radius 1 is 1.30 bits per heavy atom. The smallest absolute Gasteiger partial charge is 0.395 e. The molecule has 0 bridgehead atoms. The molecule has 27 heavy (non-hydrogen) atoms. The van der Waals surface area contributed by atoms with Crippen molar-refractivity contribution in [3.63, 3.8) is 0 Å². The number of nitrogens with one attached hydrogen (secondary N) is 2. The minimum Gasteiger partial charge on any atom is -0.395 e. The molecule has 1 aromatic carbocycles. The lowest BCUT2D eigenvalue weighted by atomic mass is 10.2. The van der Waals surface area contributed by atoms with Crippen molar-refractivity contribution in [1.29, 1.82) is 0 Å². The first-order chi connectivity index (χ1) is 12.9. The van der Waals surface area contributed by atoms with Gasteiger partial charge in [0.1, 0.15) is 6.33 Å². The van der Waals surface area contributed by atoms with Crippen molar-refractivity contribution in [2.24, 2.45) is 0 Å². The van der Waals surface area contributed by atoms with Crippen LogP contribution in [-0.4, -0.2) is 27.1 Å². The fraction of sp³-hybridized carbons (Fsp3) is 0.471. The van der Waals surface area contributed by atoms with Crippen molar-refractivity contribution in [2.75, 3.05) is 5.32 Å². The molecule has 2 aliphatic rings. The SMILES string of the molecule is CC(NC(=O)Nc1ccc2c(c1)OC(F)(F)O2)c1nncn1C1CCCC1. The number of hydrogen-bond donors (Lipinski definition) is 2. The summed E-state index contributed by atoms with van der Waals surface area (Å²) in [6.07, 6.45) is 2.50. The maximum atomic E-state index is 13.1. The number of ether oxygens (including phenoxy) is 2. The summed E-state index contributed by atoms with van der Waals surface area (Å²) in [6, 6.07) is 3.54. The highest BCUT2D eigenvalue weighted by Crippen LogP contribution is 2.42. The molecule has 1 unspecified atom stereocenters. The number of nitrogens with zero attached hydrogens (tertiary/aromatic N) is 3. The van der Waals surface area contributed by atoms with E-state index in [9.17, 15) is 13.6 Å². The zero-order valence-electron chi connectivity index (χ0n) is 14.6. The number of benzene rings is 1. The Kier molecular flexibility index (Phi) is 4.33. The Morgan fingerprint density at radius 2 is 2.04 bits per heavy atom. The maximum Gasteiger partial charge on any atom is 0.586 e. The van der Waals surface area contributed by atoms with Crippen molar-refractivity contribution >= 4 is 11.7 Å². The largest absolute Gasteiger partial charge is 0.586 e. The van der Waals surface area contributed by atoms with Gasteiger partial charge in [0.25, 0.3) is 0 Å². The number of carbonyl (C=O) groups excluding carboxylic acids is 1. The Labute approximate surface area is 153 Å². The molecule has 0 radical (unpaired) electrons. The number of anilines is 1. The summed E-state index contributed by atoms with van der Waals surface area (Å²) >= 11 is 0. The summed E-state index contributed by atoms with van der Waals surface area (Å²) in [5.74, 6) is 0.471. The van der Waals surface area contributed by atoms with Crippen LogP contribution < -0.4 is 20.1 Å². The summed E-state index contributed by atoms with van der Waals surface area (Å²) in [4.78, 5) is 12.3. The van der Waals surface area contributed by atoms with E-state index in [1.54, 1.807) is 6.33 Å². The molecule has 1 aromatic heterocycles. The molecule has 0 saturated heterocycles. The lowest BCUT2D eigenvalue weighted by Crippen LogP contribution is -2.32. The van der Waals surface area contributed by atoms with Gasteiger partial charge in [-0.3, -0.25) is 0 Å². The number of amides is 2. The first kappa shape index (κ1) is 17.5. The van der Waals surface area contributed by atoms with Gasteiger partial charge in [-0.1, -0.05) is 12.8 Å². The van der Waals surface area contributed by atoms with Crippen LogP contribution in [0.2, 0.25) is 0 Å². The molecule has 1 aliphatic carbocycles. The number of carbonyl (C=O) groups is 1. The van der Waals surface area contributed by atoms with Crippen LogP contribution in [0.3, 0.4) is 0 Å². The highest BCUT2D eigenvalue weighted by molar-refractivity contribution is 5.89. The molecule has 4 rings (SSSR count). The van der Waals surface area contributed by atoms with E-state index in [0.717, 1.165) is 12.8 Å². The average Bonchev–Trinajstić information content (AvgIpc) is 3.31. The fourth-order valence-electron chi connectivity index (χ4n) is 3.48. The predicted octanol–water partition coefficient (Wildman–Crippen LogP) is 3.60. The van der Waals surface area contributed by atoms with Gasteiger partial charge in [0.2, 0.25) is 0 Å². The average molecular weight is 379 g/mol. The van der Waals surface area contributed by atoms with Crippen molar-refractivity contribution in [3.05, 3.63) is 30.4 Å². The van der Waals surface area contributed by atoms with E-state index in [0.29, 0.717) is 17.6 Å². The van der Waals surface area contributed by atoms with E-state index in [1.807, 2.05) is 11.5 Å². The van der Waals surface area contributed by atoms with Gasteiger partial charge in [-0.15, -0.1) is 19.0 Å². The molecule has 1 atom stereocenters. The van der Waals surface area contributed by atoms with E-state index in [4.69, 9.17) is 0 Å². The third kappa shape index (κ3) is 3.64. The van der Waals surface area contributed by atoms with E-state index < -0.39 is 12.3 Å². The molecular weight excluding hydrogens is 360 g/mol. The van der Waals surface area contributed by atoms with E-state index in [2.05, 4.69) is 30.3 Å². The Bertz CT molecular complexity index is 851. The molecule has 10 heteroatoms. The Balaban J connectivity index is 1.40. The molecule has 144 valence electrons. The monoisotopic (exact) mass is 379 g/mol. The van der Waals surface area contributed by atoms with Gasteiger partial charge in [-0.2, -0.15) is 0 Å². The molecule has 0 spiro atoms. The van der Waals surface area contributed by atoms with Gasteiger partial charge in [0.05, 0.1) is 6.04 Å². The van der Waals surface area contributed by atoms with Crippen LogP contribution in [0.25, 0.3) is 0 Å². The van der Waals surface area contributed by atoms with Gasteiger partial charge < -0.3 is 24.7 Å². The molecule has 2 heterocycles. The quantitative estimate of drug-likeness (QED) is 0.847.